The molecule has 23 heavy (non-hydrogen) atoms. The van der Waals surface area contributed by atoms with E-state index < -0.39 is 0 Å². The van der Waals surface area contributed by atoms with E-state index in [-0.39, 0.29) is 0 Å². The normalized spacial score (nSPS) is 11.8. The van der Waals surface area contributed by atoms with E-state index in [1.165, 1.54) is 76.3 Å². The molecule has 1 aromatic carbocycles. The number of hydrogen-bond acceptors (Lipinski definition) is 0. The molecule has 0 N–H and O–H groups in total. The standard InChI is InChI=1S/C21H37ClN/c1-4-5-6-7-8-9-10-11-12-13-17-23(2,3)19-20-15-14-16-21(22)18-20/h14-16,18H,4-13,17,19H2,1-3H3/q+1. The summed E-state index contributed by atoms with van der Waals surface area (Å²) in [5, 5.41) is 0.849. The van der Waals surface area contributed by atoms with Crippen LogP contribution in [0.4, 0.5) is 0 Å². The van der Waals surface area contributed by atoms with Crippen LogP contribution in [0.25, 0.3) is 0 Å². The number of quaternary nitrogens is 1. The Bertz CT molecular complexity index is 414. The molecule has 0 atom stereocenters. The Labute approximate surface area is 149 Å². The number of benzene rings is 1. The Morgan fingerprint density at radius 2 is 1.39 bits per heavy atom. The van der Waals surface area contributed by atoms with E-state index in [0.29, 0.717) is 0 Å². The van der Waals surface area contributed by atoms with E-state index in [1.54, 1.807) is 0 Å². The van der Waals surface area contributed by atoms with Gasteiger partial charge in [-0.25, -0.2) is 0 Å². The lowest BCUT2D eigenvalue weighted by Gasteiger charge is -2.30. The van der Waals surface area contributed by atoms with Gasteiger partial charge in [0.15, 0.2) is 0 Å². The SMILES string of the molecule is CCCCCCCCCCCC[N+](C)(C)Cc1cccc(Cl)c1. The molecule has 132 valence electrons. The summed E-state index contributed by atoms with van der Waals surface area (Å²) in [6, 6.07) is 8.29. The molecule has 0 radical (unpaired) electrons. The van der Waals surface area contributed by atoms with Crippen molar-refractivity contribution < 1.29 is 4.48 Å². The second kappa shape index (κ2) is 11.9. The quantitative estimate of drug-likeness (QED) is 0.273. The minimum Gasteiger partial charge on any atom is -0.325 e. The molecular formula is C21H37ClN+. The van der Waals surface area contributed by atoms with Crippen LogP contribution in [0.5, 0.6) is 0 Å². The molecule has 0 aliphatic carbocycles. The van der Waals surface area contributed by atoms with Crippen LogP contribution in [-0.2, 0) is 6.54 Å². The van der Waals surface area contributed by atoms with Crippen molar-refractivity contribution in [3.63, 3.8) is 0 Å². The second-order valence-electron chi connectivity index (χ2n) is 7.63. The van der Waals surface area contributed by atoms with E-state index >= 15 is 0 Å². The molecule has 0 heterocycles. The first-order chi connectivity index (χ1) is 11.0. The Balaban J connectivity index is 2.05. The van der Waals surface area contributed by atoms with Crippen molar-refractivity contribution in [3.8, 4) is 0 Å². The topological polar surface area (TPSA) is 0 Å². The van der Waals surface area contributed by atoms with Gasteiger partial charge in [-0.2, -0.15) is 0 Å². The van der Waals surface area contributed by atoms with Gasteiger partial charge in [0.25, 0.3) is 0 Å². The highest BCUT2D eigenvalue weighted by molar-refractivity contribution is 6.30. The molecule has 0 aliphatic heterocycles. The van der Waals surface area contributed by atoms with Crippen molar-refractivity contribution in [1.82, 2.24) is 0 Å². The molecule has 0 saturated heterocycles. The minimum absolute atomic E-state index is 0.849. The van der Waals surface area contributed by atoms with Gasteiger partial charge >= 0.3 is 0 Å². The number of halogens is 1. The lowest BCUT2D eigenvalue weighted by Crippen LogP contribution is -2.39. The molecule has 0 aromatic heterocycles. The van der Waals surface area contributed by atoms with Gasteiger partial charge in [-0.3, -0.25) is 0 Å². The molecule has 1 rings (SSSR count). The first-order valence-corrected chi connectivity index (χ1v) is 9.98. The van der Waals surface area contributed by atoms with E-state index in [9.17, 15) is 0 Å². The molecule has 0 spiro atoms. The van der Waals surface area contributed by atoms with Crippen LogP contribution in [0.3, 0.4) is 0 Å². The van der Waals surface area contributed by atoms with Gasteiger partial charge in [-0.1, -0.05) is 82.0 Å². The zero-order valence-electron chi connectivity index (χ0n) is 15.6. The van der Waals surface area contributed by atoms with E-state index in [1.807, 2.05) is 6.07 Å². The molecule has 1 aromatic rings. The Morgan fingerprint density at radius 1 is 0.826 bits per heavy atom. The highest BCUT2D eigenvalue weighted by Crippen LogP contribution is 2.16. The van der Waals surface area contributed by atoms with Crippen molar-refractivity contribution >= 4 is 11.6 Å². The number of nitrogens with zero attached hydrogens (tertiary/aromatic N) is 1. The molecule has 0 amide bonds. The van der Waals surface area contributed by atoms with Crippen molar-refractivity contribution in [2.45, 2.75) is 77.7 Å². The van der Waals surface area contributed by atoms with Crippen molar-refractivity contribution in [2.75, 3.05) is 20.6 Å². The largest absolute Gasteiger partial charge is 0.325 e. The van der Waals surface area contributed by atoms with Gasteiger partial charge in [-0.05, 0) is 25.0 Å². The summed E-state index contributed by atoms with van der Waals surface area (Å²) in [6.45, 7) is 4.60. The van der Waals surface area contributed by atoms with Gasteiger partial charge in [0.05, 0.1) is 20.6 Å². The van der Waals surface area contributed by atoms with Crippen LogP contribution in [-0.4, -0.2) is 25.1 Å². The molecular weight excluding hydrogens is 302 g/mol. The van der Waals surface area contributed by atoms with Crippen LogP contribution in [0.15, 0.2) is 24.3 Å². The lowest BCUT2D eigenvalue weighted by atomic mass is 10.1. The molecule has 0 aliphatic rings. The fraction of sp³-hybridized carbons (Fsp3) is 0.714. The maximum atomic E-state index is 6.08. The number of hydrogen-bond donors (Lipinski definition) is 0. The molecule has 0 fully saturated rings. The lowest BCUT2D eigenvalue weighted by molar-refractivity contribution is -0.903. The Morgan fingerprint density at radius 3 is 1.96 bits per heavy atom. The van der Waals surface area contributed by atoms with Crippen molar-refractivity contribution in [2.24, 2.45) is 0 Å². The van der Waals surface area contributed by atoms with E-state index in [4.69, 9.17) is 11.6 Å². The molecule has 0 bridgehead atoms. The van der Waals surface area contributed by atoms with Gasteiger partial charge in [-0.15, -0.1) is 0 Å². The summed E-state index contributed by atoms with van der Waals surface area (Å²) in [5.74, 6) is 0. The van der Waals surface area contributed by atoms with Crippen molar-refractivity contribution in [1.29, 1.82) is 0 Å². The third-order valence-electron chi connectivity index (χ3n) is 4.62. The summed E-state index contributed by atoms with van der Waals surface area (Å²) in [4.78, 5) is 0. The molecule has 1 nitrogen and oxygen atoms in total. The smallest absolute Gasteiger partial charge is 0.104 e. The summed E-state index contributed by atoms with van der Waals surface area (Å²) in [5.41, 5.74) is 1.34. The van der Waals surface area contributed by atoms with Crippen LogP contribution in [0.2, 0.25) is 5.02 Å². The second-order valence-corrected chi connectivity index (χ2v) is 8.07. The first-order valence-electron chi connectivity index (χ1n) is 9.60. The van der Waals surface area contributed by atoms with Gasteiger partial charge in [0.1, 0.15) is 6.54 Å². The van der Waals surface area contributed by atoms with Gasteiger partial charge in [0, 0.05) is 10.6 Å². The fourth-order valence-electron chi connectivity index (χ4n) is 3.24. The highest BCUT2D eigenvalue weighted by Gasteiger charge is 2.15. The summed E-state index contributed by atoms with van der Waals surface area (Å²) < 4.78 is 1.05. The van der Waals surface area contributed by atoms with Crippen LogP contribution in [0, 0.1) is 0 Å². The number of rotatable bonds is 13. The highest BCUT2D eigenvalue weighted by atomic mass is 35.5. The van der Waals surface area contributed by atoms with Crippen LogP contribution in [0.1, 0.15) is 76.7 Å². The zero-order valence-corrected chi connectivity index (χ0v) is 16.4. The van der Waals surface area contributed by atoms with E-state index in [2.05, 4.69) is 39.2 Å². The third-order valence-corrected chi connectivity index (χ3v) is 4.85. The fourth-order valence-corrected chi connectivity index (χ4v) is 3.45. The summed E-state index contributed by atoms with van der Waals surface area (Å²) in [7, 11) is 4.66. The summed E-state index contributed by atoms with van der Waals surface area (Å²) >= 11 is 6.08. The number of unbranched alkanes of at least 4 members (excludes halogenated alkanes) is 9. The predicted octanol–water partition coefficient (Wildman–Crippen LogP) is 6.84. The van der Waals surface area contributed by atoms with Gasteiger partial charge in [0.2, 0.25) is 0 Å². The minimum atomic E-state index is 0.849. The molecule has 0 saturated carbocycles. The Hall–Kier alpha value is -0.530. The van der Waals surface area contributed by atoms with Crippen molar-refractivity contribution in [3.05, 3.63) is 34.9 Å². The zero-order chi connectivity index (χ0) is 17.0. The van der Waals surface area contributed by atoms with Crippen LogP contribution >= 0.6 is 11.6 Å². The first kappa shape index (κ1) is 20.5. The predicted molar refractivity (Wildman–Crippen MR) is 104 cm³/mol. The maximum Gasteiger partial charge on any atom is 0.104 e. The summed E-state index contributed by atoms with van der Waals surface area (Å²) in [6.07, 6.45) is 14.1. The molecule has 2 heteroatoms. The maximum absolute atomic E-state index is 6.08. The average Bonchev–Trinajstić information content (AvgIpc) is 2.48. The molecule has 0 unspecified atom stereocenters. The monoisotopic (exact) mass is 338 g/mol. The van der Waals surface area contributed by atoms with Crippen LogP contribution < -0.4 is 0 Å². The van der Waals surface area contributed by atoms with Gasteiger partial charge < -0.3 is 4.48 Å². The Kier molecular flexibility index (Phi) is 10.6. The van der Waals surface area contributed by atoms with E-state index in [0.717, 1.165) is 16.1 Å². The third kappa shape index (κ3) is 10.8. The average molecular weight is 339 g/mol.